The van der Waals surface area contributed by atoms with Gasteiger partial charge in [0.25, 0.3) is 5.56 Å². The molecule has 118 valence electrons. The van der Waals surface area contributed by atoms with E-state index in [2.05, 4.69) is 4.98 Å². The highest BCUT2D eigenvalue weighted by Gasteiger charge is 2.18. The van der Waals surface area contributed by atoms with Crippen molar-refractivity contribution in [2.24, 2.45) is 0 Å². The lowest BCUT2D eigenvalue weighted by Crippen LogP contribution is -2.28. The summed E-state index contributed by atoms with van der Waals surface area (Å²) in [5, 5.41) is 10.6. The van der Waals surface area contributed by atoms with Gasteiger partial charge in [-0.3, -0.25) is 9.36 Å². The smallest absolute Gasteiger partial charge is 0.261 e. The Balaban J connectivity index is 2.39. The van der Waals surface area contributed by atoms with Crippen LogP contribution in [-0.2, 0) is 12.2 Å². The Kier molecular flexibility index (Phi) is 5.66. The molecule has 0 aliphatic carbocycles. The van der Waals surface area contributed by atoms with Crippen LogP contribution in [0.1, 0.15) is 44.4 Å². The maximum Gasteiger partial charge on any atom is 0.261 e. The van der Waals surface area contributed by atoms with Crippen LogP contribution < -0.4 is 5.56 Å². The second kappa shape index (κ2) is 7.49. The van der Waals surface area contributed by atoms with Crippen molar-refractivity contribution in [2.75, 3.05) is 0 Å². The zero-order valence-corrected chi connectivity index (χ0v) is 14.1. The first kappa shape index (κ1) is 16.6. The van der Waals surface area contributed by atoms with Gasteiger partial charge in [0, 0.05) is 11.8 Å². The molecule has 0 saturated heterocycles. The standard InChI is InChI=1S/C17H22N2O2S/c1-4-12(3)19-16(21)14(5-2)15(20)18-17(19)22-11-13-9-7-6-8-10-13/h6-10,12,20H,4-5,11H2,1-3H3/t12-/m0/s1. The molecule has 0 aliphatic heterocycles. The van der Waals surface area contributed by atoms with Crippen molar-refractivity contribution in [1.82, 2.24) is 9.55 Å². The quantitative estimate of drug-likeness (QED) is 0.650. The second-order valence-electron chi connectivity index (χ2n) is 5.26. The summed E-state index contributed by atoms with van der Waals surface area (Å²) in [5.74, 6) is 0.580. The van der Waals surface area contributed by atoms with Crippen LogP contribution >= 0.6 is 11.8 Å². The molecule has 0 radical (unpaired) electrons. The Bertz CT molecular complexity index is 683. The van der Waals surface area contributed by atoms with Crippen molar-refractivity contribution in [3.8, 4) is 5.88 Å². The first-order valence-corrected chi connectivity index (χ1v) is 8.58. The fourth-order valence-electron chi connectivity index (χ4n) is 2.24. The third kappa shape index (κ3) is 3.53. The number of nitrogens with zero attached hydrogens (tertiary/aromatic N) is 2. The van der Waals surface area contributed by atoms with Gasteiger partial charge in [0.15, 0.2) is 5.16 Å². The molecule has 0 spiro atoms. The molecule has 1 aromatic carbocycles. The normalized spacial score (nSPS) is 12.3. The largest absolute Gasteiger partial charge is 0.493 e. The van der Waals surface area contributed by atoms with Crippen LogP contribution in [0.5, 0.6) is 5.88 Å². The summed E-state index contributed by atoms with van der Waals surface area (Å²) < 4.78 is 1.71. The lowest BCUT2D eigenvalue weighted by atomic mass is 10.2. The number of aromatic hydroxyl groups is 1. The highest BCUT2D eigenvalue weighted by molar-refractivity contribution is 7.98. The van der Waals surface area contributed by atoms with E-state index in [4.69, 9.17) is 0 Å². The predicted octanol–water partition coefficient (Wildman–Crippen LogP) is 3.77. The average molecular weight is 318 g/mol. The lowest BCUT2D eigenvalue weighted by Gasteiger charge is -2.18. The Morgan fingerprint density at radius 1 is 1.27 bits per heavy atom. The highest BCUT2D eigenvalue weighted by Crippen LogP contribution is 2.26. The van der Waals surface area contributed by atoms with Crippen LogP contribution in [0.2, 0.25) is 0 Å². The number of benzene rings is 1. The third-order valence-electron chi connectivity index (χ3n) is 3.75. The van der Waals surface area contributed by atoms with Gasteiger partial charge in [0.05, 0.1) is 5.56 Å². The molecule has 0 fully saturated rings. The topological polar surface area (TPSA) is 55.1 Å². The molecule has 2 rings (SSSR count). The van der Waals surface area contributed by atoms with Gasteiger partial charge in [0.2, 0.25) is 5.88 Å². The van der Waals surface area contributed by atoms with E-state index in [0.717, 1.165) is 12.0 Å². The SMILES string of the molecule is CCc1c(O)nc(SCc2ccccc2)n([C@@H](C)CC)c1=O. The van der Waals surface area contributed by atoms with E-state index in [1.807, 2.05) is 51.1 Å². The fraction of sp³-hybridized carbons (Fsp3) is 0.412. The molecule has 1 atom stereocenters. The van der Waals surface area contributed by atoms with E-state index in [9.17, 15) is 9.90 Å². The van der Waals surface area contributed by atoms with E-state index in [-0.39, 0.29) is 17.5 Å². The van der Waals surface area contributed by atoms with Crippen molar-refractivity contribution in [3.63, 3.8) is 0 Å². The van der Waals surface area contributed by atoms with Crippen LogP contribution in [0, 0.1) is 0 Å². The molecule has 4 nitrogen and oxygen atoms in total. The van der Waals surface area contributed by atoms with Crippen molar-refractivity contribution in [2.45, 2.75) is 50.6 Å². The molecule has 0 bridgehead atoms. The van der Waals surface area contributed by atoms with E-state index in [1.54, 1.807) is 4.57 Å². The summed E-state index contributed by atoms with van der Waals surface area (Å²) in [7, 11) is 0. The Labute approximate surface area is 135 Å². The molecule has 0 amide bonds. The first-order valence-electron chi connectivity index (χ1n) is 7.59. The fourth-order valence-corrected chi connectivity index (χ4v) is 3.29. The third-order valence-corrected chi connectivity index (χ3v) is 4.77. The van der Waals surface area contributed by atoms with Crippen LogP contribution in [0.3, 0.4) is 0 Å². The molecule has 0 aliphatic rings. The lowest BCUT2D eigenvalue weighted by molar-refractivity contribution is 0.402. The van der Waals surface area contributed by atoms with Gasteiger partial charge < -0.3 is 5.11 Å². The van der Waals surface area contributed by atoms with Crippen LogP contribution in [0.25, 0.3) is 0 Å². The molecule has 1 heterocycles. The second-order valence-corrected chi connectivity index (χ2v) is 6.20. The van der Waals surface area contributed by atoms with Crippen molar-refractivity contribution >= 4 is 11.8 Å². The monoisotopic (exact) mass is 318 g/mol. The minimum absolute atomic E-state index is 0.0594. The van der Waals surface area contributed by atoms with Crippen molar-refractivity contribution in [1.29, 1.82) is 0 Å². The molecular weight excluding hydrogens is 296 g/mol. The molecule has 1 N–H and O–H groups in total. The Morgan fingerprint density at radius 2 is 1.95 bits per heavy atom. The molecule has 0 saturated carbocycles. The summed E-state index contributed by atoms with van der Waals surface area (Å²) in [6.07, 6.45) is 1.33. The summed E-state index contributed by atoms with van der Waals surface area (Å²) in [5.41, 5.74) is 1.43. The zero-order valence-electron chi connectivity index (χ0n) is 13.2. The molecule has 22 heavy (non-hydrogen) atoms. The number of hydrogen-bond donors (Lipinski definition) is 1. The number of aromatic nitrogens is 2. The molecular formula is C17H22N2O2S. The van der Waals surface area contributed by atoms with Gasteiger partial charge in [-0.2, -0.15) is 4.98 Å². The molecule has 0 unspecified atom stereocenters. The molecule has 2 aromatic rings. The van der Waals surface area contributed by atoms with Gasteiger partial charge in [-0.05, 0) is 25.3 Å². The van der Waals surface area contributed by atoms with Crippen LogP contribution in [0.4, 0.5) is 0 Å². The zero-order chi connectivity index (χ0) is 16.1. The summed E-state index contributed by atoms with van der Waals surface area (Å²) >= 11 is 1.48. The maximum absolute atomic E-state index is 12.6. The molecule has 5 heteroatoms. The first-order chi connectivity index (χ1) is 10.6. The van der Waals surface area contributed by atoms with Gasteiger partial charge in [-0.15, -0.1) is 0 Å². The summed E-state index contributed by atoms with van der Waals surface area (Å²) in [6.45, 7) is 5.91. The summed E-state index contributed by atoms with van der Waals surface area (Å²) in [6, 6.07) is 10.1. The van der Waals surface area contributed by atoms with Gasteiger partial charge in [-0.25, -0.2) is 0 Å². The van der Waals surface area contributed by atoms with E-state index < -0.39 is 0 Å². The predicted molar refractivity (Wildman–Crippen MR) is 90.5 cm³/mol. The van der Waals surface area contributed by atoms with E-state index in [0.29, 0.717) is 22.9 Å². The van der Waals surface area contributed by atoms with Crippen LogP contribution in [0.15, 0.2) is 40.3 Å². The summed E-state index contributed by atoms with van der Waals surface area (Å²) in [4.78, 5) is 16.9. The number of rotatable bonds is 6. The Morgan fingerprint density at radius 3 is 2.55 bits per heavy atom. The van der Waals surface area contributed by atoms with Gasteiger partial charge >= 0.3 is 0 Å². The Hall–Kier alpha value is -1.75. The van der Waals surface area contributed by atoms with Crippen molar-refractivity contribution < 1.29 is 5.11 Å². The van der Waals surface area contributed by atoms with Crippen LogP contribution in [-0.4, -0.2) is 14.7 Å². The minimum Gasteiger partial charge on any atom is -0.493 e. The van der Waals surface area contributed by atoms with Gasteiger partial charge in [-0.1, -0.05) is 55.9 Å². The minimum atomic E-state index is -0.136. The number of thioether (sulfide) groups is 1. The van der Waals surface area contributed by atoms with E-state index >= 15 is 0 Å². The highest BCUT2D eigenvalue weighted by atomic mass is 32.2. The average Bonchev–Trinajstić information content (AvgIpc) is 2.53. The molecule has 1 aromatic heterocycles. The van der Waals surface area contributed by atoms with Gasteiger partial charge in [0.1, 0.15) is 0 Å². The number of hydrogen-bond acceptors (Lipinski definition) is 4. The van der Waals surface area contributed by atoms with Crippen molar-refractivity contribution in [3.05, 3.63) is 51.8 Å². The van der Waals surface area contributed by atoms with E-state index in [1.165, 1.54) is 11.8 Å². The maximum atomic E-state index is 12.6.